The van der Waals surface area contributed by atoms with Crippen LogP contribution in [0.5, 0.6) is 0 Å². The smallest absolute Gasteiger partial charge is 0.255 e. The second-order valence-corrected chi connectivity index (χ2v) is 6.53. The molecule has 0 radical (unpaired) electrons. The molecule has 1 amide bonds. The van der Waals surface area contributed by atoms with Gasteiger partial charge in [-0.1, -0.05) is 11.6 Å². The van der Waals surface area contributed by atoms with Gasteiger partial charge in [0.1, 0.15) is 11.8 Å². The maximum atomic E-state index is 13.3. The van der Waals surface area contributed by atoms with E-state index in [4.69, 9.17) is 11.6 Å². The molecule has 5 nitrogen and oxygen atoms in total. The molecule has 0 atom stereocenters. The van der Waals surface area contributed by atoms with Gasteiger partial charge in [0.15, 0.2) is 0 Å². The average molecular weight is 359 g/mol. The molecular formula is C18H16ClFN4O. The number of fused-ring (bicyclic) bond motifs is 1. The molecule has 4 heterocycles. The maximum absolute atomic E-state index is 13.3. The Balaban J connectivity index is 1.69. The van der Waals surface area contributed by atoms with Crippen LogP contribution in [-0.2, 0) is 0 Å². The van der Waals surface area contributed by atoms with Crippen LogP contribution in [0.15, 0.2) is 43.0 Å². The number of hydrogen-bond acceptors (Lipinski definition) is 3. The van der Waals surface area contributed by atoms with Gasteiger partial charge in [-0.25, -0.2) is 9.37 Å². The van der Waals surface area contributed by atoms with Gasteiger partial charge in [-0.05, 0) is 31.0 Å². The first kappa shape index (κ1) is 16.0. The number of halogens is 2. The first-order valence-corrected chi connectivity index (χ1v) is 8.51. The zero-order valence-electron chi connectivity index (χ0n) is 13.4. The number of amides is 1. The zero-order valence-corrected chi connectivity index (χ0v) is 14.2. The van der Waals surface area contributed by atoms with Gasteiger partial charge in [0.05, 0.1) is 22.5 Å². The van der Waals surface area contributed by atoms with Crippen LogP contribution < -0.4 is 0 Å². The van der Waals surface area contributed by atoms with Crippen LogP contribution in [0.3, 0.4) is 0 Å². The molecule has 0 spiro atoms. The molecule has 1 aliphatic heterocycles. The molecule has 1 aliphatic rings. The molecule has 0 bridgehead atoms. The highest BCUT2D eigenvalue weighted by Crippen LogP contribution is 2.28. The van der Waals surface area contributed by atoms with Crippen molar-refractivity contribution < 1.29 is 9.18 Å². The summed E-state index contributed by atoms with van der Waals surface area (Å²) in [4.78, 5) is 22.9. The Morgan fingerprint density at radius 2 is 2.08 bits per heavy atom. The lowest BCUT2D eigenvalue weighted by Crippen LogP contribution is -2.39. The van der Waals surface area contributed by atoms with E-state index in [-0.39, 0.29) is 5.91 Å². The Morgan fingerprint density at radius 3 is 2.80 bits per heavy atom. The van der Waals surface area contributed by atoms with Crippen LogP contribution in [0, 0.1) is 0 Å². The van der Waals surface area contributed by atoms with Gasteiger partial charge in [0, 0.05) is 37.1 Å². The van der Waals surface area contributed by atoms with Gasteiger partial charge in [0.25, 0.3) is 5.91 Å². The molecule has 7 heteroatoms. The highest BCUT2D eigenvalue weighted by atomic mass is 35.5. The summed E-state index contributed by atoms with van der Waals surface area (Å²) in [6, 6.07) is 5.49. The maximum Gasteiger partial charge on any atom is 0.255 e. The van der Waals surface area contributed by atoms with E-state index in [0.29, 0.717) is 47.6 Å². The van der Waals surface area contributed by atoms with Gasteiger partial charge in [-0.2, -0.15) is 0 Å². The number of carbonyl (C=O) groups excluding carboxylic acids is 1. The minimum absolute atomic E-state index is 0.133. The fourth-order valence-electron chi connectivity index (χ4n) is 3.11. The minimum Gasteiger partial charge on any atom is -0.338 e. The molecule has 0 saturated carbocycles. The number of alkyl halides is 1. The van der Waals surface area contributed by atoms with Crippen molar-refractivity contribution >= 4 is 28.5 Å². The van der Waals surface area contributed by atoms with Crippen molar-refractivity contribution in [3.8, 4) is 5.69 Å². The third-order valence-corrected chi connectivity index (χ3v) is 4.78. The predicted molar refractivity (Wildman–Crippen MR) is 93.9 cm³/mol. The van der Waals surface area contributed by atoms with Crippen molar-refractivity contribution in [2.75, 3.05) is 13.1 Å². The summed E-state index contributed by atoms with van der Waals surface area (Å²) in [7, 11) is 0. The van der Waals surface area contributed by atoms with E-state index in [1.165, 1.54) is 0 Å². The first-order chi connectivity index (χ1) is 12.1. The van der Waals surface area contributed by atoms with Crippen molar-refractivity contribution in [2.24, 2.45) is 0 Å². The van der Waals surface area contributed by atoms with Crippen molar-refractivity contribution in [1.82, 2.24) is 19.4 Å². The molecule has 1 fully saturated rings. The third-order valence-electron chi connectivity index (χ3n) is 4.48. The summed E-state index contributed by atoms with van der Waals surface area (Å²) in [6.07, 6.45) is 6.69. The molecule has 4 rings (SSSR count). The van der Waals surface area contributed by atoms with Crippen LogP contribution in [0.25, 0.3) is 16.7 Å². The summed E-state index contributed by atoms with van der Waals surface area (Å²) < 4.78 is 15.1. The second-order valence-electron chi connectivity index (χ2n) is 6.12. The van der Waals surface area contributed by atoms with E-state index >= 15 is 0 Å². The predicted octanol–water partition coefficient (Wildman–Crippen LogP) is 3.65. The van der Waals surface area contributed by atoms with E-state index in [9.17, 15) is 9.18 Å². The van der Waals surface area contributed by atoms with E-state index < -0.39 is 6.17 Å². The standard InChI is InChI=1S/C18H16ClFN4O/c19-16-11-24(14-2-1-5-21-10-14)17-15(16)8-12(9-22-17)18(25)23-6-3-13(20)4-7-23/h1-2,5,8-11,13H,3-4,6-7H2. The summed E-state index contributed by atoms with van der Waals surface area (Å²) >= 11 is 6.35. The number of hydrogen-bond donors (Lipinski definition) is 0. The fraction of sp³-hybridized carbons (Fsp3) is 0.278. The van der Waals surface area contributed by atoms with Gasteiger partial charge in [-0.3, -0.25) is 14.3 Å². The van der Waals surface area contributed by atoms with Crippen molar-refractivity contribution in [1.29, 1.82) is 0 Å². The van der Waals surface area contributed by atoms with E-state index in [0.717, 1.165) is 5.69 Å². The molecule has 1 saturated heterocycles. The van der Waals surface area contributed by atoms with Crippen molar-refractivity contribution in [3.05, 3.63) is 53.6 Å². The van der Waals surface area contributed by atoms with Crippen LogP contribution in [0.4, 0.5) is 4.39 Å². The van der Waals surface area contributed by atoms with Crippen LogP contribution in [0.2, 0.25) is 5.02 Å². The summed E-state index contributed by atoms with van der Waals surface area (Å²) in [5.41, 5.74) is 1.98. The first-order valence-electron chi connectivity index (χ1n) is 8.14. The molecule has 3 aromatic rings. The highest BCUT2D eigenvalue weighted by Gasteiger charge is 2.24. The normalized spacial score (nSPS) is 15.7. The fourth-order valence-corrected chi connectivity index (χ4v) is 3.35. The lowest BCUT2D eigenvalue weighted by molar-refractivity contribution is 0.0667. The van der Waals surface area contributed by atoms with Crippen LogP contribution in [0.1, 0.15) is 23.2 Å². The Hall–Kier alpha value is -2.47. The molecule has 3 aromatic heterocycles. The monoisotopic (exact) mass is 358 g/mol. The van der Waals surface area contributed by atoms with Gasteiger partial charge < -0.3 is 4.90 Å². The molecular weight excluding hydrogens is 343 g/mol. The SMILES string of the molecule is O=C(c1cnc2c(c1)c(Cl)cn2-c1cccnc1)N1CCC(F)CC1. The second kappa shape index (κ2) is 6.44. The molecule has 0 N–H and O–H groups in total. The van der Waals surface area contributed by atoms with E-state index in [1.54, 1.807) is 35.8 Å². The average Bonchev–Trinajstić information content (AvgIpc) is 2.99. The quantitative estimate of drug-likeness (QED) is 0.702. The summed E-state index contributed by atoms with van der Waals surface area (Å²) in [5.74, 6) is -0.133. The minimum atomic E-state index is -0.812. The van der Waals surface area contributed by atoms with Crippen molar-refractivity contribution in [2.45, 2.75) is 19.0 Å². The van der Waals surface area contributed by atoms with Crippen molar-refractivity contribution in [3.63, 3.8) is 0 Å². The Bertz CT molecular complexity index is 919. The summed E-state index contributed by atoms with van der Waals surface area (Å²) in [6.45, 7) is 0.866. The Kier molecular flexibility index (Phi) is 4.13. The molecule has 25 heavy (non-hydrogen) atoms. The van der Waals surface area contributed by atoms with Gasteiger partial charge in [-0.15, -0.1) is 0 Å². The lowest BCUT2D eigenvalue weighted by Gasteiger charge is -2.28. The lowest BCUT2D eigenvalue weighted by atomic mass is 10.1. The number of nitrogens with zero attached hydrogens (tertiary/aromatic N) is 4. The number of pyridine rings is 2. The number of piperidine rings is 1. The summed E-state index contributed by atoms with van der Waals surface area (Å²) in [5, 5.41) is 1.22. The largest absolute Gasteiger partial charge is 0.338 e. The Labute approximate surface area is 149 Å². The third kappa shape index (κ3) is 2.98. The number of likely N-dealkylation sites (tertiary alicyclic amines) is 1. The molecule has 0 unspecified atom stereocenters. The molecule has 0 aromatic carbocycles. The number of rotatable bonds is 2. The van der Waals surface area contributed by atoms with Crippen LogP contribution >= 0.6 is 11.6 Å². The molecule has 128 valence electrons. The number of carbonyl (C=O) groups is 1. The van der Waals surface area contributed by atoms with Gasteiger partial charge >= 0.3 is 0 Å². The van der Waals surface area contributed by atoms with E-state index in [1.807, 2.05) is 16.7 Å². The topological polar surface area (TPSA) is 51.0 Å². The Morgan fingerprint density at radius 1 is 1.28 bits per heavy atom. The van der Waals surface area contributed by atoms with Crippen LogP contribution in [-0.4, -0.2) is 44.6 Å². The van der Waals surface area contributed by atoms with E-state index in [2.05, 4.69) is 9.97 Å². The highest BCUT2D eigenvalue weighted by molar-refractivity contribution is 6.35. The van der Waals surface area contributed by atoms with Gasteiger partial charge in [0.2, 0.25) is 0 Å². The molecule has 0 aliphatic carbocycles. The zero-order chi connectivity index (χ0) is 17.4. The number of aromatic nitrogens is 3.